The zero-order valence-electron chi connectivity index (χ0n) is 54.5. The number of aliphatic hydroxyl groups is 1. The minimum absolute atomic E-state index is 0.0643. The molecule has 0 aliphatic carbocycles. The van der Waals surface area contributed by atoms with Crippen molar-refractivity contribution in [3.8, 4) is 0 Å². The molecule has 0 bridgehead atoms. The van der Waals surface area contributed by atoms with Gasteiger partial charge in [-0.25, -0.2) is 0 Å². The molecule has 5 nitrogen and oxygen atoms in total. The molecule has 0 aromatic rings. The van der Waals surface area contributed by atoms with Crippen LogP contribution < -0.4 is 0 Å². The van der Waals surface area contributed by atoms with Gasteiger partial charge in [0.1, 0.15) is 6.61 Å². The van der Waals surface area contributed by atoms with Crippen LogP contribution in [0.25, 0.3) is 0 Å². The second-order valence-electron chi connectivity index (χ2n) is 23.9. The average molecular weight is 1140 g/mol. The van der Waals surface area contributed by atoms with Crippen LogP contribution in [-0.4, -0.2) is 36.4 Å². The third kappa shape index (κ3) is 69.3. The molecular formula is C77H136O5. The Morgan fingerprint density at radius 1 is 0.293 bits per heavy atom. The molecule has 0 spiro atoms. The summed E-state index contributed by atoms with van der Waals surface area (Å²) in [6.07, 6.45) is 103. The first-order chi connectivity index (χ1) is 40.6. The normalized spacial score (nSPS) is 12.8. The number of allylic oxidation sites excluding steroid dienone is 16. The maximum Gasteiger partial charge on any atom is 0.306 e. The largest absolute Gasteiger partial charge is 0.462 e. The molecular weight excluding hydrogens is 1000 g/mol. The SMILES string of the molecule is CC/C=C\C/C=C\C/C=C\C/C=C\C/C=C\C/C=C\CCCCCCCCCCCCCCCCCCC(=O)OC(CO)COC(=O)CCCCCCCCCCCCCCCCCCCCCCC/C=C\C/C=C\CCCCCCC. The summed E-state index contributed by atoms with van der Waals surface area (Å²) in [7, 11) is 0. The van der Waals surface area contributed by atoms with Gasteiger partial charge in [0.15, 0.2) is 6.10 Å². The van der Waals surface area contributed by atoms with Gasteiger partial charge in [0, 0.05) is 12.8 Å². The summed E-state index contributed by atoms with van der Waals surface area (Å²) in [6.45, 7) is 4.06. The smallest absolute Gasteiger partial charge is 0.306 e. The predicted octanol–water partition coefficient (Wildman–Crippen LogP) is 25.0. The number of esters is 2. The Hall–Kier alpha value is -3.18. The lowest BCUT2D eigenvalue weighted by atomic mass is 10.0. The van der Waals surface area contributed by atoms with Crippen LogP contribution in [0.15, 0.2) is 97.2 Å². The molecule has 0 fully saturated rings. The Kier molecular flexibility index (Phi) is 69.3. The van der Waals surface area contributed by atoms with Crippen LogP contribution in [0, 0.1) is 0 Å². The molecule has 0 radical (unpaired) electrons. The number of ether oxygens (including phenoxy) is 2. The number of rotatable bonds is 66. The minimum atomic E-state index is -0.776. The lowest BCUT2D eigenvalue weighted by Crippen LogP contribution is -2.28. The van der Waals surface area contributed by atoms with Crippen molar-refractivity contribution in [2.45, 2.75) is 367 Å². The molecule has 0 amide bonds. The first kappa shape index (κ1) is 78.8. The van der Waals surface area contributed by atoms with Crippen molar-refractivity contribution in [3.05, 3.63) is 97.2 Å². The molecule has 1 atom stereocenters. The van der Waals surface area contributed by atoms with Crippen LogP contribution in [-0.2, 0) is 19.1 Å². The third-order valence-corrected chi connectivity index (χ3v) is 15.9. The summed E-state index contributed by atoms with van der Waals surface area (Å²) in [6, 6.07) is 0. The fourth-order valence-corrected chi connectivity index (χ4v) is 10.5. The number of carbonyl (C=O) groups excluding carboxylic acids is 2. The Morgan fingerprint density at radius 3 is 0.793 bits per heavy atom. The molecule has 0 heterocycles. The van der Waals surface area contributed by atoms with E-state index in [1.807, 2.05) is 0 Å². The highest BCUT2D eigenvalue weighted by Gasteiger charge is 2.16. The molecule has 474 valence electrons. The topological polar surface area (TPSA) is 72.8 Å². The second-order valence-corrected chi connectivity index (χ2v) is 23.9. The number of hydrogen-bond acceptors (Lipinski definition) is 5. The van der Waals surface area contributed by atoms with E-state index in [4.69, 9.17) is 9.47 Å². The van der Waals surface area contributed by atoms with Gasteiger partial charge in [0.25, 0.3) is 0 Å². The van der Waals surface area contributed by atoms with Gasteiger partial charge >= 0.3 is 11.9 Å². The molecule has 0 saturated heterocycles. The van der Waals surface area contributed by atoms with Gasteiger partial charge in [-0.15, -0.1) is 0 Å². The van der Waals surface area contributed by atoms with Crippen LogP contribution in [0.1, 0.15) is 361 Å². The second kappa shape index (κ2) is 72.1. The van der Waals surface area contributed by atoms with Gasteiger partial charge in [-0.1, -0.05) is 349 Å². The molecule has 1 unspecified atom stereocenters. The zero-order chi connectivity index (χ0) is 59.1. The van der Waals surface area contributed by atoms with Crippen LogP contribution in [0.4, 0.5) is 0 Å². The van der Waals surface area contributed by atoms with Crippen LogP contribution in [0.2, 0.25) is 0 Å². The Labute approximate surface area is 510 Å². The fourth-order valence-electron chi connectivity index (χ4n) is 10.5. The van der Waals surface area contributed by atoms with Gasteiger partial charge < -0.3 is 14.6 Å². The van der Waals surface area contributed by atoms with Gasteiger partial charge in [-0.3, -0.25) is 9.59 Å². The van der Waals surface area contributed by atoms with E-state index in [1.165, 1.54) is 250 Å². The summed E-state index contributed by atoms with van der Waals surface area (Å²) in [5, 5.41) is 9.71. The van der Waals surface area contributed by atoms with Crippen molar-refractivity contribution < 1.29 is 24.2 Å². The maximum absolute atomic E-state index is 12.4. The van der Waals surface area contributed by atoms with Gasteiger partial charge in [-0.05, 0) is 96.3 Å². The van der Waals surface area contributed by atoms with Crippen LogP contribution in [0.3, 0.4) is 0 Å². The summed E-state index contributed by atoms with van der Waals surface area (Å²) in [4.78, 5) is 24.7. The van der Waals surface area contributed by atoms with E-state index in [0.717, 1.165) is 83.5 Å². The number of hydrogen-bond donors (Lipinski definition) is 1. The van der Waals surface area contributed by atoms with E-state index >= 15 is 0 Å². The molecule has 0 aliphatic rings. The van der Waals surface area contributed by atoms with Crippen molar-refractivity contribution in [2.24, 2.45) is 0 Å². The first-order valence-corrected chi connectivity index (χ1v) is 35.8. The van der Waals surface area contributed by atoms with Crippen molar-refractivity contribution in [3.63, 3.8) is 0 Å². The van der Waals surface area contributed by atoms with Crippen LogP contribution in [0.5, 0.6) is 0 Å². The molecule has 0 rings (SSSR count). The number of carbonyl (C=O) groups is 2. The number of aliphatic hydroxyl groups excluding tert-OH is 1. The molecule has 0 aromatic heterocycles. The van der Waals surface area contributed by atoms with E-state index in [9.17, 15) is 14.7 Å². The summed E-state index contributed by atoms with van der Waals surface area (Å²) in [5.41, 5.74) is 0. The minimum Gasteiger partial charge on any atom is -0.462 e. The third-order valence-electron chi connectivity index (χ3n) is 15.9. The lowest BCUT2D eigenvalue weighted by molar-refractivity contribution is -0.161. The number of unbranched alkanes of at least 4 members (excludes halogenated alkanes) is 42. The van der Waals surface area contributed by atoms with Gasteiger partial charge in [-0.2, -0.15) is 0 Å². The standard InChI is InChI=1S/C77H136O5/c1-3-5-7-9-11-13-15-17-19-21-23-25-27-29-31-33-35-37-38-40-42-44-46-48-50-52-54-56-58-60-62-64-66-68-70-72-77(80)82-75(73-78)74-81-76(79)71-69-67-65-63-61-59-57-55-53-51-49-47-45-43-41-39-36-34-32-30-28-26-24-22-20-18-16-14-12-10-8-6-4-2/h5,7,11,13,16-19,22-25,29,31,35,37,75,78H,3-4,6,8-10,12,14-15,20-21,26-28,30,32-34,36,38-74H2,1-2H3/b7-5-,13-11-,18-16-,19-17-,24-22-,25-23-,31-29-,37-35-. The van der Waals surface area contributed by atoms with Crippen molar-refractivity contribution >= 4 is 11.9 Å². The molecule has 0 aliphatic heterocycles. The summed E-state index contributed by atoms with van der Waals surface area (Å²) < 4.78 is 10.8. The van der Waals surface area contributed by atoms with E-state index in [-0.39, 0.29) is 25.2 Å². The van der Waals surface area contributed by atoms with E-state index in [0.29, 0.717) is 12.8 Å². The Balaban J connectivity index is 3.43. The monoisotopic (exact) mass is 1140 g/mol. The highest BCUT2D eigenvalue weighted by Crippen LogP contribution is 2.18. The van der Waals surface area contributed by atoms with Crippen molar-refractivity contribution in [1.29, 1.82) is 0 Å². The van der Waals surface area contributed by atoms with E-state index < -0.39 is 6.10 Å². The van der Waals surface area contributed by atoms with Gasteiger partial charge in [0.2, 0.25) is 0 Å². The summed E-state index contributed by atoms with van der Waals surface area (Å²) >= 11 is 0. The Morgan fingerprint density at radius 2 is 0.524 bits per heavy atom. The summed E-state index contributed by atoms with van der Waals surface area (Å²) in [5.74, 6) is -0.575. The highest BCUT2D eigenvalue weighted by atomic mass is 16.6. The van der Waals surface area contributed by atoms with E-state index in [1.54, 1.807) is 0 Å². The average Bonchev–Trinajstić information content (AvgIpc) is 3.49. The molecule has 5 heteroatoms. The molecule has 0 aromatic carbocycles. The first-order valence-electron chi connectivity index (χ1n) is 35.8. The van der Waals surface area contributed by atoms with Gasteiger partial charge in [0.05, 0.1) is 6.61 Å². The van der Waals surface area contributed by atoms with Crippen molar-refractivity contribution in [2.75, 3.05) is 13.2 Å². The zero-order valence-corrected chi connectivity index (χ0v) is 54.5. The Bertz CT molecular complexity index is 1530. The molecule has 0 saturated carbocycles. The van der Waals surface area contributed by atoms with Crippen LogP contribution >= 0.6 is 0 Å². The van der Waals surface area contributed by atoms with E-state index in [2.05, 4.69) is 111 Å². The fraction of sp³-hybridized carbons (Fsp3) is 0.766. The molecule has 82 heavy (non-hydrogen) atoms. The predicted molar refractivity (Wildman–Crippen MR) is 362 cm³/mol. The lowest BCUT2D eigenvalue weighted by Gasteiger charge is -2.15. The highest BCUT2D eigenvalue weighted by molar-refractivity contribution is 5.70. The van der Waals surface area contributed by atoms with Crippen molar-refractivity contribution in [1.82, 2.24) is 0 Å². The quantitative estimate of drug-likeness (QED) is 0.0373. The maximum atomic E-state index is 12.4. The molecule has 1 N–H and O–H groups in total.